The minimum absolute atomic E-state index is 0.283. The first-order valence-corrected chi connectivity index (χ1v) is 9.50. The van der Waals surface area contributed by atoms with Crippen molar-refractivity contribution >= 4 is 27.7 Å². The molecule has 28 heavy (non-hydrogen) atoms. The van der Waals surface area contributed by atoms with Gasteiger partial charge in [0.1, 0.15) is 21.8 Å². The van der Waals surface area contributed by atoms with E-state index in [1.54, 1.807) is 31.0 Å². The Hall–Kier alpha value is -2.80. The molecule has 0 fully saturated rings. The maximum atomic E-state index is 12.9. The number of hydrogen-bond acceptors (Lipinski definition) is 4. The normalized spacial score (nSPS) is 10.6. The van der Waals surface area contributed by atoms with Crippen LogP contribution in [0.3, 0.4) is 0 Å². The Balaban J connectivity index is 1.98. The second-order valence-corrected chi connectivity index (χ2v) is 7.37. The van der Waals surface area contributed by atoms with Crippen LogP contribution >= 0.6 is 15.9 Å². The largest absolute Gasteiger partial charge is 0.495 e. The molecular formula is C21H22BrN3O3. The smallest absolute Gasteiger partial charge is 0.257 e. The Morgan fingerprint density at radius 3 is 2.07 bits per heavy atom. The molecule has 0 radical (unpaired) electrons. The van der Waals surface area contributed by atoms with Gasteiger partial charge in [-0.2, -0.15) is 5.10 Å². The minimum atomic E-state index is -0.283. The summed E-state index contributed by atoms with van der Waals surface area (Å²) in [6.07, 6.45) is 0. The number of aryl methyl sites for hydroxylation is 3. The van der Waals surface area contributed by atoms with Crippen molar-refractivity contribution in [2.75, 3.05) is 19.5 Å². The van der Waals surface area contributed by atoms with Crippen molar-refractivity contribution in [2.45, 2.75) is 20.8 Å². The molecule has 0 aliphatic rings. The van der Waals surface area contributed by atoms with Gasteiger partial charge in [-0.1, -0.05) is 6.07 Å². The summed E-state index contributed by atoms with van der Waals surface area (Å²) in [5, 5.41) is 7.48. The Bertz CT molecular complexity index is 998. The van der Waals surface area contributed by atoms with Crippen LogP contribution in [0.15, 0.2) is 40.9 Å². The Morgan fingerprint density at radius 2 is 1.54 bits per heavy atom. The number of rotatable bonds is 5. The number of carbonyl (C=O) groups is 1. The fourth-order valence-corrected chi connectivity index (χ4v) is 3.60. The summed E-state index contributed by atoms with van der Waals surface area (Å²) in [7, 11) is 3.08. The maximum absolute atomic E-state index is 12.9. The molecule has 0 bridgehead atoms. The third kappa shape index (κ3) is 4.04. The molecule has 0 unspecified atom stereocenters. The van der Waals surface area contributed by atoms with Crippen LogP contribution in [0.25, 0.3) is 5.69 Å². The van der Waals surface area contributed by atoms with Crippen molar-refractivity contribution in [3.8, 4) is 17.2 Å². The summed E-state index contributed by atoms with van der Waals surface area (Å²) < 4.78 is 13.0. The van der Waals surface area contributed by atoms with Gasteiger partial charge in [-0.05, 0) is 72.1 Å². The van der Waals surface area contributed by atoms with Gasteiger partial charge in [-0.25, -0.2) is 4.68 Å². The summed E-state index contributed by atoms with van der Waals surface area (Å²) in [5.41, 5.74) is 4.38. The van der Waals surface area contributed by atoms with Crippen LogP contribution in [0, 0.1) is 20.8 Å². The van der Waals surface area contributed by atoms with E-state index in [2.05, 4.69) is 32.4 Å². The predicted octanol–water partition coefficient (Wildman–Crippen LogP) is 4.83. The first kappa shape index (κ1) is 19.9. The molecule has 0 aliphatic carbocycles. The zero-order valence-electron chi connectivity index (χ0n) is 16.5. The molecule has 2 aromatic carbocycles. The lowest BCUT2D eigenvalue weighted by Crippen LogP contribution is -2.15. The number of ether oxygens (including phenoxy) is 2. The minimum Gasteiger partial charge on any atom is -0.495 e. The summed E-state index contributed by atoms with van der Waals surface area (Å²) in [5.74, 6) is 1.34. The summed E-state index contributed by atoms with van der Waals surface area (Å²) in [6, 6.07) is 11.3. The number of methoxy groups -OCH3 is 2. The highest BCUT2D eigenvalue weighted by molar-refractivity contribution is 9.10. The third-order valence-electron chi connectivity index (χ3n) is 4.23. The number of nitrogens with one attached hydrogen (secondary N) is 1. The van der Waals surface area contributed by atoms with Crippen molar-refractivity contribution < 1.29 is 14.3 Å². The van der Waals surface area contributed by atoms with E-state index in [1.165, 1.54) is 0 Å². The number of nitrogens with zero attached hydrogens (tertiary/aromatic N) is 2. The van der Waals surface area contributed by atoms with Crippen LogP contribution in [0.1, 0.15) is 27.2 Å². The second-order valence-electron chi connectivity index (χ2n) is 6.58. The third-order valence-corrected chi connectivity index (χ3v) is 5.01. The topological polar surface area (TPSA) is 65.4 Å². The van der Waals surface area contributed by atoms with E-state index >= 15 is 0 Å². The second kappa shape index (κ2) is 8.06. The number of hydrogen-bond donors (Lipinski definition) is 1. The average molecular weight is 444 g/mol. The van der Waals surface area contributed by atoms with Crippen molar-refractivity contribution in [3.05, 3.63) is 63.3 Å². The Labute approximate surface area is 172 Å². The molecule has 0 saturated carbocycles. The van der Waals surface area contributed by atoms with E-state index in [0.29, 0.717) is 27.4 Å². The Kier molecular flexibility index (Phi) is 5.74. The predicted molar refractivity (Wildman–Crippen MR) is 113 cm³/mol. The SMILES string of the molecule is COc1cc(C(=O)Nc2cc(C)nn2-c2cc(C)cc(C)c2)cc(OC)c1Br. The molecule has 146 valence electrons. The van der Waals surface area contributed by atoms with Gasteiger partial charge in [0, 0.05) is 11.6 Å². The van der Waals surface area contributed by atoms with E-state index < -0.39 is 0 Å². The van der Waals surface area contributed by atoms with Gasteiger partial charge in [0.25, 0.3) is 5.91 Å². The van der Waals surface area contributed by atoms with Crippen LogP contribution < -0.4 is 14.8 Å². The van der Waals surface area contributed by atoms with Crippen LogP contribution in [0.2, 0.25) is 0 Å². The zero-order valence-corrected chi connectivity index (χ0v) is 18.0. The number of amides is 1. The standard InChI is InChI=1S/C21H22BrN3O3/c1-12-6-13(2)8-16(7-12)25-19(9-14(3)24-25)23-21(26)15-10-17(27-4)20(22)18(11-15)28-5/h6-11H,1-5H3,(H,23,26). The monoisotopic (exact) mass is 443 g/mol. The fourth-order valence-electron chi connectivity index (χ4n) is 3.05. The molecule has 1 amide bonds. The van der Waals surface area contributed by atoms with E-state index in [-0.39, 0.29) is 5.91 Å². The van der Waals surface area contributed by atoms with E-state index in [0.717, 1.165) is 22.5 Å². The molecule has 7 heteroatoms. The first-order chi connectivity index (χ1) is 13.3. The highest BCUT2D eigenvalue weighted by atomic mass is 79.9. The molecule has 1 aromatic heterocycles. The van der Waals surface area contributed by atoms with Crippen molar-refractivity contribution in [1.82, 2.24) is 9.78 Å². The molecule has 1 N–H and O–H groups in total. The van der Waals surface area contributed by atoms with Gasteiger partial charge in [0.2, 0.25) is 0 Å². The van der Waals surface area contributed by atoms with Crippen LogP contribution in [-0.4, -0.2) is 29.9 Å². The van der Waals surface area contributed by atoms with Gasteiger partial charge >= 0.3 is 0 Å². The van der Waals surface area contributed by atoms with Crippen molar-refractivity contribution in [3.63, 3.8) is 0 Å². The number of halogens is 1. The highest BCUT2D eigenvalue weighted by Crippen LogP contribution is 2.35. The zero-order chi connectivity index (χ0) is 20.4. The molecular weight excluding hydrogens is 422 g/mol. The molecule has 0 saturated heterocycles. The lowest BCUT2D eigenvalue weighted by Gasteiger charge is -2.13. The molecule has 3 aromatic rings. The van der Waals surface area contributed by atoms with Crippen LogP contribution in [-0.2, 0) is 0 Å². The summed E-state index contributed by atoms with van der Waals surface area (Å²) in [4.78, 5) is 12.9. The van der Waals surface area contributed by atoms with E-state index in [9.17, 15) is 4.79 Å². The van der Waals surface area contributed by atoms with Crippen LogP contribution in [0.5, 0.6) is 11.5 Å². The lowest BCUT2D eigenvalue weighted by molar-refractivity contribution is 0.102. The highest BCUT2D eigenvalue weighted by Gasteiger charge is 2.17. The van der Waals surface area contributed by atoms with Crippen molar-refractivity contribution in [1.29, 1.82) is 0 Å². The van der Waals surface area contributed by atoms with Gasteiger partial charge in [0.05, 0.1) is 25.6 Å². The quantitative estimate of drug-likeness (QED) is 0.613. The molecule has 0 spiro atoms. The molecule has 0 atom stereocenters. The molecule has 1 heterocycles. The average Bonchev–Trinajstić information content (AvgIpc) is 3.01. The molecule has 6 nitrogen and oxygen atoms in total. The van der Waals surface area contributed by atoms with E-state index in [1.807, 2.05) is 39.0 Å². The van der Waals surface area contributed by atoms with Crippen molar-refractivity contribution in [2.24, 2.45) is 0 Å². The molecule has 3 rings (SSSR count). The van der Waals surface area contributed by atoms with Gasteiger partial charge in [-0.3, -0.25) is 4.79 Å². The van der Waals surface area contributed by atoms with Gasteiger partial charge in [-0.15, -0.1) is 0 Å². The fraction of sp³-hybridized carbons (Fsp3) is 0.238. The van der Waals surface area contributed by atoms with Gasteiger partial charge in [0.15, 0.2) is 0 Å². The first-order valence-electron chi connectivity index (χ1n) is 8.70. The molecule has 0 aliphatic heterocycles. The Morgan fingerprint density at radius 1 is 0.964 bits per heavy atom. The summed E-state index contributed by atoms with van der Waals surface area (Å²) >= 11 is 3.41. The summed E-state index contributed by atoms with van der Waals surface area (Å²) in [6.45, 7) is 5.96. The number of aromatic nitrogens is 2. The number of benzene rings is 2. The van der Waals surface area contributed by atoms with Crippen LogP contribution in [0.4, 0.5) is 5.82 Å². The van der Waals surface area contributed by atoms with Gasteiger partial charge < -0.3 is 14.8 Å². The number of anilines is 1. The number of carbonyl (C=O) groups excluding carboxylic acids is 1. The maximum Gasteiger partial charge on any atom is 0.257 e. The lowest BCUT2D eigenvalue weighted by atomic mass is 10.1. The van der Waals surface area contributed by atoms with E-state index in [4.69, 9.17) is 9.47 Å².